The summed E-state index contributed by atoms with van der Waals surface area (Å²) in [5, 5.41) is 0.571. The van der Waals surface area contributed by atoms with E-state index in [1.807, 2.05) is 43.3 Å². The zero-order valence-electron chi connectivity index (χ0n) is 19.9. The fourth-order valence-electron chi connectivity index (χ4n) is 4.68. The van der Waals surface area contributed by atoms with E-state index in [0.717, 1.165) is 29.5 Å². The van der Waals surface area contributed by atoms with Gasteiger partial charge in [0.1, 0.15) is 18.2 Å². The summed E-state index contributed by atoms with van der Waals surface area (Å²) >= 11 is 6.17. The molecule has 3 amide bonds. The molecule has 1 saturated carbocycles. The van der Waals surface area contributed by atoms with Gasteiger partial charge in [0.05, 0.1) is 6.04 Å². The molecule has 2 N–H and O–H groups in total. The molecule has 0 radical (unpaired) electrons. The van der Waals surface area contributed by atoms with E-state index in [4.69, 9.17) is 16.3 Å². The van der Waals surface area contributed by atoms with Gasteiger partial charge in [0.2, 0.25) is 5.91 Å². The number of hydrazine groups is 1. The zero-order valence-corrected chi connectivity index (χ0v) is 20.6. The highest BCUT2D eigenvalue weighted by molar-refractivity contribution is 6.30. The number of carbonyl (C=O) groups excluding carboxylic acids is 3. The fourth-order valence-corrected chi connectivity index (χ4v) is 4.81. The standard InChI is InChI=1S/C27H30ClN3O4/c1-4-6-22-27(34)31(24(19-9-10-19)26(33)30-29-17(3)32)23(18-11-13-21(28)14-12-18)25(35-22)20-8-5-7-16(2)15-20/h4-5,7-8,11-15,19,22-25H,1,6,9-10H2,2-3H3,(H,29,32)(H,30,33)/t22-,23+,24-,25-/m0/s1. The van der Waals surface area contributed by atoms with E-state index >= 15 is 0 Å². The summed E-state index contributed by atoms with van der Waals surface area (Å²) in [6.45, 7) is 7.11. The molecule has 35 heavy (non-hydrogen) atoms. The average molecular weight is 496 g/mol. The number of amides is 3. The molecule has 0 aromatic heterocycles. The highest BCUT2D eigenvalue weighted by Crippen LogP contribution is 2.47. The van der Waals surface area contributed by atoms with Gasteiger partial charge in [-0.05, 0) is 48.9 Å². The molecule has 8 heteroatoms. The van der Waals surface area contributed by atoms with Crippen LogP contribution in [-0.2, 0) is 19.1 Å². The molecule has 7 nitrogen and oxygen atoms in total. The molecule has 1 aliphatic heterocycles. The lowest BCUT2D eigenvalue weighted by Crippen LogP contribution is -2.60. The number of hydrogen-bond acceptors (Lipinski definition) is 4. The molecule has 4 atom stereocenters. The molecule has 0 spiro atoms. The first-order valence-electron chi connectivity index (χ1n) is 11.8. The molecule has 184 valence electrons. The van der Waals surface area contributed by atoms with Gasteiger partial charge in [-0.2, -0.15) is 0 Å². The number of ether oxygens (including phenoxy) is 1. The molecule has 1 aliphatic carbocycles. The average Bonchev–Trinajstić information content (AvgIpc) is 3.66. The Labute approximate surface area is 210 Å². The summed E-state index contributed by atoms with van der Waals surface area (Å²) in [5.41, 5.74) is 7.65. The van der Waals surface area contributed by atoms with E-state index < -0.39 is 36.1 Å². The third kappa shape index (κ3) is 5.57. The first-order valence-corrected chi connectivity index (χ1v) is 12.1. The van der Waals surface area contributed by atoms with Crippen LogP contribution in [0.3, 0.4) is 0 Å². The molecular weight excluding hydrogens is 466 g/mol. The van der Waals surface area contributed by atoms with E-state index in [1.165, 1.54) is 6.92 Å². The maximum atomic E-state index is 13.9. The molecule has 1 saturated heterocycles. The molecule has 2 aliphatic rings. The number of benzene rings is 2. The van der Waals surface area contributed by atoms with E-state index in [1.54, 1.807) is 23.1 Å². The van der Waals surface area contributed by atoms with Gasteiger partial charge in [-0.25, -0.2) is 0 Å². The van der Waals surface area contributed by atoms with Crippen molar-refractivity contribution in [1.82, 2.24) is 15.8 Å². The monoisotopic (exact) mass is 495 g/mol. The van der Waals surface area contributed by atoms with Crippen molar-refractivity contribution in [2.45, 2.75) is 57.4 Å². The number of aryl methyl sites for hydroxylation is 1. The summed E-state index contributed by atoms with van der Waals surface area (Å²) in [4.78, 5) is 40.4. The molecule has 2 fully saturated rings. The van der Waals surface area contributed by atoms with Gasteiger partial charge in [0.25, 0.3) is 11.8 Å². The van der Waals surface area contributed by atoms with Gasteiger partial charge >= 0.3 is 0 Å². The Balaban J connectivity index is 1.84. The van der Waals surface area contributed by atoms with Crippen molar-refractivity contribution in [2.24, 2.45) is 5.92 Å². The fraction of sp³-hybridized carbons (Fsp3) is 0.370. The molecule has 0 bridgehead atoms. The van der Waals surface area contributed by atoms with Crippen LogP contribution in [0.4, 0.5) is 0 Å². The minimum Gasteiger partial charge on any atom is -0.358 e. The number of halogens is 1. The van der Waals surface area contributed by atoms with Crippen molar-refractivity contribution in [3.05, 3.63) is 82.9 Å². The van der Waals surface area contributed by atoms with Crippen molar-refractivity contribution < 1.29 is 19.1 Å². The van der Waals surface area contributed by atoms with E-state index in [2.05, 4.69) is 17.4 Å². The quantitative estimate of drug-likeness (QED) is 0.445. The molecule has 0 unspecified atom stereocenters. The third-order valence-electron chi connectivity index (χ3n) is 6.39. The smallest absolute Gasteiger partial charge is 0.261 e. The van der Waals surface area contributed by atoms with Gasteiger partial charge in [0.15, 0.2) is 0 Å². The summed E-state index contributed by atoms with van der Waals surface area (Å²) in [6.07, 6.45) is 2.30. The van der Waals surface area contributed by atoms with Crippen LogP contribution in [0.15, 0.2) is 61.2 Å². The second kappa shape index (κ2) is 10.6. The zero-order chi connectivity index (χ0) is 25.1. The molecule has 4 rings (SSSR count). The van der Waals surface area contributed by atoms with Gasteiger partial charge in [-0.15, -0.1) is 6.58 Å². The predicted octanol–water partition coefficient (Wildman–Crippen LogP) is 4.18. The molecule has 1 heterocycles. The summed E-state index contributed by atoms with van der Waals surface area (Å²) in [6, 6.07) is 13.9. The van der Waals surface area contributed by atoms with Gasteiger partial charge in [-0.1, -0.05) is 59.6 Å². The SMILES string of the molecule is C=CC[C@@H]1O[C@@H](c2cccc(C)c2)[C@@H](c2ccc(Cl)cc2)N([C@H](C(=O)NNC(C)=O)C2CC2)C1=O. The normalized spacial score (nSPS) is 22.9. The second-order valence-corrected chi connectivity index (χ2v) is 9.61. The molecule has 2 aromatic carbocycles. The first kappa shape index (κ1) is 24.9. The van der Waals surface area contributed by atoms with Gasteiger partial charge in [0, 0.05) is 18.4 Å². The number of carbonyl (C=O) groups is 3. The number of morpholine rings is 1. The molecule has 2 aromatic rings. The van der Waals surface area contributed by atoms with Crippen LogP contribution in [-0.4, -0.2) is 34.8 Å². The molecular formula is C27H30ClN3O4. The van der Waals surface area contributed by atoms with Crippen molar-refractivity contribution >= 4 is 29.3 Å². The maximum absolute atomic E-state index is 13.9. The summed E-state index contributed by atoms with van der Waals surface area (Å²) in [5.74, 6) is -1.10. The van der Waals surface area contributed by atoms with Crippen LogP contribution in [0.1, 0.15) is 55.0 Å². The Morgan fingerprint density at radius 3 is 2.49 bits per heavy atom. The lowest BCUT2D eigenvalue weighted by atomic mass is 9.88. The predicted molar refractivity (Wildman–Crippen MR) is 133 cm³/mol. The van der Waals surface area contributed by atoms with E-state index in [9.17, 15) is 14.4 Å². The Hall–Kier alpha value is -3.16. The highest BCUT2D eigenvalue weighted by atomic mass is 35.5. The van der Waals surface area contributed by atoms with Crippen molar-refractivity contribution in [3.8, 4) is 0 Å². The Bertz CT molecular complexity index is 1120. The van der Waals surface area contributed by atoms with Crippen molar-refractivity contribution in [2.75, 3.05) is 0 Å². The lowest BCUT2D eigenvalue weighted by molar-refractivity contribution is -0.182. The largest absolute Gasteiger partial charge is 0.358 e. The van der Waals surface area contributed by atoms with Gasteiger partial charge < -0.3 is 9.64 Å². The summed E-state index contributed by atoms with van der Waals surface area (Å²) in [7, 11) is 0. The number of rotatable bonds is 7. The van der Waals surface area contributed by atoms with Crippen molar-refractivity contribution in [3.63, 3.8) is 0 Å². The van der Waals surface area contributed by atoms with Crippen molar-refractivity contribution in [1.29, 1.82) is 0 Å². The van der Waals surface area contributed by atoms with Crippen LogP contribution in [0.25, 0.3) is 0 Å². The Kier molecular flexibility index (Phi) is 7.57. The van der Waals surface area contributed by atoms with Crippen LogP contribution in [0, 0.1) is 12.8 Å². The highest BCUT2D eigenvalue weighted by Gasteiger charge is 2.52. The van der Waals surface area contributed by atoms with Crippen LogP contribution in [0.2, 0.25) is 5.02 Å². The number of nitrogens with zero attached hydrogens (tertiary/aromatic N) is 1. The summed E-state index contributed by atoms with van der Waals surface area (Å²) < 4.78 is 6.44. The Morgan fingerprint density at radius 2 is 1.89 bits per heavy atom. The topological polar surface area (TPSA) is 87.7 Å². The number of hydrogen-bond donors (Lipinski definition) is 2. The van der Waals surface area contributed by atoms with E-state index in [-0.39, 0.29) is 11.8 Å². The maximum Gasteiger partial charge on any atom is 0.261 e. The minimum atomic E-state index is -0.781. The third-order valence-corrected chi connectivity index (χ3v) is 6.64. The van der Waals surface area contributed by atoms with Crippen LogP contribution < -0.4 is 10.9 Å². The Morgan fingerprint density at radius 1 is 1.17 bits per heavy atom. The second-order valence-electron chi connectivity index (χ2n) is 9.18. The lowest BCUT2D eigenvalue weighted by Gasteiger charge is -2.47. The number of nitrogens with one attached hydrogen (secondary N) is 2. The van der Waals surface area contributed by atoms with Crippen LogP contribution >= 0.6 is 11.6 Å². The van der Waals surface area contributed by atoms with Gasteiger partial charge in [-0.3, -0.25) is 25.2 Å². The van der Waals surface area contributed by atoms with Crippen LogP contribution in [0.5, 0.6) is 0 Å². The van der Waals surface area contributed by atoms with E-state index in [0.29, 0.717) is 11.4 Å². The minimum absolute atomic E-state index is 0.0110. The first-order chi connectivity index (χ1) is 16.8.